The van der Waals surface area contributed by atoms with E-state index in [-0.39, 0.29) is 5.56 Å². The van der Waals surface area contributed by atoms with Crippen molar-refractivity contribution in [3.63, 3.8) is 0 Å². The molecule has 0 aliphatic heterocycles. The summed E-state index contributed by atoms with van der Waals surface area (Å²) < 4.78 is 18.9. The number of methoxy groups -OCH3 is 1. The Balaban J connectivity index is 2.26. The largest absolute Gasteiger partial charge is 0.495 e. The first-order valence-corrected chi connectivity index (χ1v) is 6.30. The number of carbonyl (C=O) groups excluding carboxylic acids is 1. The quantitative estimate of drug-likeness (QED) is 0.927. The number of carbonyl (C=O) groups is 1. The van der Waals surface area contributed by atoms with Crippen LogP contribution in [0.25, 0.3) is 0 Å². The van der Waals surface area contributed by atoms with Crippen molar-refractivity contribution in [3.8, 4) is 5.75 Å². The Hall–Kier alpha value is -2.07. The van der Waals surface area contributed by atoms with Crippen LogP contribution in [0.1, 0.15) is 15.9 Å². The van der Waals surface area contributed by atoms with E-state index in [0.29, 0.717) is 22.0 Å². The standard InChI is InChI=1S/C15H13ClFNO2/c1-9-4-3-5-11(14(9)17)15(19)18-10-6-7-12(16)13(8-10)20-2/h3-8H,1-2H3,(H,18,19). The predicted octanol–water partition coefficient (Wildman–Crippen LogP) is 4.05. The first-order valence-electron chi connectivity index (χ1n) is 5.93. The van der Waals surface area contributed by atoms with Crippen LogP contribution in [-0.4, -0.2) is 13.0 Å². The molecule has 20 heavy (non-hydrogen) atoms. The van der Waals surface area contributed by atoms with Crippen LogP contribution in [-0.2, 0) is 0 Å². The zero-order valence-electron chi connectivity index (χ0n) is 11.0. The molecule has 0 saturated heterocycles. The highest BCUT2D eigenvalue weighted by molar-refractivity contribution is 6.32. The van der Waals surface area contributed by atoms with Crippen LogP contribution in [0, 0.1) is 12.7 Å². The minimum Gasteiger partial charge on any atom is -0.495 e. The lowest BCUT2D eigenvalue weighted by molar-refractivity contribution is 0.102. The summed E-state index contributed by atoms with van der Waals surface area (Å²) in [7, 11) is 1.48. The van der Waals surface area contributed by atoms with Crippen molar-refractivity contribution in [1.29, 1.82) is 0 Å². The third-order valence-corrected chi connectivity index (χ3v) is 3.16. The number of ether oxygens (including phenoxy) is 1. The maximum absolute atomic E-state index is 13.9. The van der Waals surface area contributed by atoms with E-state index in [9.17, 15) is 9.18 Å². The zero-order chi connectivity index (χ0) is 14.7. The molecule has 0 aromatic heterocycles. The normalized spacial score (nSPS) is 10.2. The summed E-state index contributed by atoms with van der Waals surface area (Å²) >= 11 is 5.90. The van der Waals surface area contributed by atoms with Crippen molar-refractivity contribution < 1.29 is 13.9 Å². The van der Waals surface area contributed by atoms with Crippen LogP contribution in [0.15, 0.2) is 36.4 Å². The topological polar surface area (TPSA) is 38.3 Å². The summed E-state index contributed by atoms with van der Waals surface area (Å²) in [6.07, 6.45) is 0. The Morgan fingerprint density at radius 1 is 1.30 bits per heavy atom. The molecule has 0 aliphatic rings. The van der Waals surface area contributed by atoms with E-state index < -0.39 is 11.7 Å². The smallest absolute Gasteiger partial charge is 0.258 e. The van der Waals surface area contributed by atoms with Crippen molar-refractivity contribution >= 4 is 23.2 Å². The molecule has 1 amide bonds. The highest BCUT2D eigenvalue weighted by Crippen LogP contribution is 2.27. The van der Waals surface area contributed by atoms with Crippen molar-refractivity contribution in [2.24, 2.45) is 0 Å². The number of hydrogen-bond donors (Lipinski definition) is 1. The van der Waals surface area contributed by atoms with Gasteiger partial charge < -0.3 is 10.1 Å². The van der Waals surface area contributed by atoms with Crippen molar-refractivity contribution in [2.75, 3.05) is 12.4 Å². The zero-order valence-corrected chi connectivity index (χ0v) is 11.8. The van der Waals surface area contributed by atoms with Gasteiger partial charge in [0.15, 0.2) is 0 Å². The highest BCUT2D eigenvalue weighted by Gasteiger charge is 2.14. The number of hydrogen-bond acceptors (Lipinski definition) is 2. The second kappa shape index (κ2) is 5.92. The highest BCUT2D eigenvalue weighted by atomic mass is 35.5. The molecule has 3 nitrogen and oxygen atoms in total. The van der Waals surface area contributed by atoms with Crippen LogP contribution in [0.3, 0.4) is 0 Å². The van der Waals surface area contributed by atoms with Crippen molar-refractivity contribution in [2.45, 2.75) is 6.92 Å². The average Bonchev–Trinajstić information content (AvgIpc) is 2.43. The molecule has 0 aliphatic carbocycles. The summed E-state index contributed by atoms with van der Waals surface area (Å²) in [5.41, 5.74) is 0.905. The monoisotopic (exact) mass is 293 g/mol. The maximum atomic E-state index is 13.9. The van der Waals surface area contributed by atoms with Crippen LogP contribution < -0.4 is 10.1 Å². The number of amides is 1. The van der Waals surface area contributed by atoms with E-state index in [2.05, 4.69) is 5.32 Å². The number of benzene rings is 2. The third-order valence-electron chi connectivity index (χ3n) is 2.85. The molecule has 5 heteroatoms. The summed E-state index contributed by atoms with van der Waals surface area (Å²) in [5.74, 6) is -0.601. The van der Waals surface area contributed by atoms with Crippen LogP contribution in [0.2, 0.25) is 5.02 Å². The van der Waals surface area contributed by atoms with Crippen LogP contribution in [0.4, 0.5) is 10.1 Å². The first kappa shape index (κ1) is 14.3. The second-order valence-corrected chi connectivity index (χ2v) is 4.65. The Kier molecular flexibility index (Phi) is 4.25. The molecule has 0 heterocycles. The number of rotatable bonds is 3. The van der Waals surface area contributed by atoms with E-state index >= 15 is 0 Å². The molecule has 2 aromatic carbocycles. The van der Waals surface area contributed by atoms with Gasteiger partial charge in [0.2, 0.25) is 0 Å². The van der Waals surface area contributed by atoms with Gasteiger partial charge in [0, 0.05) is 11.8 Å². The van der Waals surface area contributed by atoms with Crippen LogP contribution in [0.5, 0.6) is 5.75 Å². The number of anilines is 1. The molecule has 0 saturated carbocycles. The fourth-order valence-electron chi connectivity index (χ4n) is 1.76. The van der Waals surface area contributed by atoms with E-state index in [1.807, 2.05) is 0 Å². The van der Waals surface area contributed by atoms with Crippen molar-refractivity contribution in [3.05, 3.63) is 58.4 Å². The summed E-state index contributed by atoms with van der Waals surface area (Å²) in [6.45, 7) is 1.61. The van der Waals surface area contributed by atoms with Gasteiger partial charge in [-0.3, -0.25) is 4.79 Å². The molecule has 2 aromatic rings. The molecule has 0 atom stereocenters. The van der Waals surface area contributed by atoms with E-state index in [1.54, 1.807) is 37.3 Å². The first-order chi connectivity index (χ1) is 9.52. The average molecular weight is 294 g/mol. The number of nitrogens with one attached hydrogen (secondary N) is 1. The molecule has 0 unspecified atom stereocenters. The molecule has 0 fully saturated rings. The summed E-state index contributed by atoms with van der Waals surface area (Å²) in [6, 6.07) is 9.48. The molecule has 1 N–H and O–H groups in total. The van der Waals surface area contributed by atoms with Crippen molar-refractivity contribution in [1.82, 2.24) is 0 Å². The van der Waals surface area contributed by atoms with Gasteiger partial charge in [-0.1, -0.05) is 23.7 Å². The van der Waals surface area contributed by atoms with E-state index in [4.69, 9.17) is 16.3 Å². The lowest BCUT2D eigenvalue weighted by atomic mass is 10.1. The minimum atomic E-state index is -0.522. The second-order valence-electron chi connectivity index (χ2n) is 4.24. The predicted molar refractivity (Wildman–Crippen MR) is 77.1 cm³/mol. The summed E-state index contributed by atoms with van der Waals surface area (Å²) in [5, 5.41) is 3.05. The lowest BCUT2D eigenvalue weighted by Gasteiger charge is -2.09. The molecule has 0 radical (unpaired) electrons. The molecule has 104 valence electrons. The van der Waals surface area contributed by atoms with Gasteiger partial charge in [-0.15, -0.1) is 0 Å². The van der Waals surface area contributed by atoms with E-state index in [1.165, 1.54) is 13.2 Å². The van der Waals surface area contributed by atoms with Gasteiger partial charge in [-0.2, -0.15) is 0 Å². The molecule has 2 rings (SSSR count). The molecule has 0 spiro atoms. The SMILES string of the molecule is COc1cc(NC(=O)c2cccc(C)c2F)ccc1Cl. The summed E-state index contributed by atoms with van der Waals surface area (Å²) in [4.78, 5) is 12.0. The van der Waals surface area contributed by atoms with Gasteiger partial charge in [-0.05, 0) is 30.7 Å². The van der Waals surface area contributed by atoms with Gasteiger partial charge in [0.05, 0.1) is 17.7 Å². The lowest BCUT2D eigenvalue weighted by Crippen LogP contribution is -2.14. The Bertz CT molecular complexity index is 658. The number of halogens is 2. The maximum Gasteiger partial charge on any atom is 0.258 e. The minimum absolute atomic E-state index is 0.00100. The molecule has 0 bridgehead atoms. The van der Waals surface area contributed by atoms with Gasteiger partial charge in [-0.25, -0.2) is 4.39 Å². The Labute approximate surface area is 121 Å². The fourth-order valence-corrected chi connectivity index (χ4v) is 1.95. The van der Waals surface area contributed by atoms with Gasteiger partial charge >= 0.3 is 0 Å². The Morgan fingerprint density at radius 2 is 2.05 bits per heavy atom. The molecular formula is C15H13ClFNO2. The van der Waals surface area contributed by atoms with Gasteiger partial charge in [0.25, 0.3) is 5.91 Å². The van der Waals surface area contributed by atoms with Gasteiger partial charge in [0.1, 0.15) is 11.6 Å². The van der Waals surface area contributed by atoms with Crippen LogP contribution >= 0.6 is 11.6 Å². The fraction of sp³-hybridized carbons (Fsp3) is 0.133. The number of aryl methyl sites for hydroxylation is 1. The van der Waals surface area contributed by atoms with E-state index in [0.717, 1.165) is 0 Å². The molecular weight excluding hydrogens is 281 g/mol. The third kappa shape index (κ3) is 2.91. The Morgan fingerprint density at radius 3 is 2.75 bits per heavy atom.